The molecular weight excluding hydrogens is 230 g/mol. The minimum Gasteiger partial charge on any atom is -0.330 e. The second kappa shape index (κ2) is 6.37. The zero-order valence-electron chi connectivity index (χ0n) is 9.54. The van der Waals surface area contributed by atoms with Gasteiger partial charge in [-0.25, -0.2) is 9.97 Å². The molecule has 0 bridgehead atoms. The summed E-state index contributed by atoms with van der Waals surface area (Å²) >= 11 is 1.74. The van der Waals surface area contributed by atoms with Crippen molar-refractivity contribution in [3.63, 3.8) is 0 Å². The first-order valence-corrected chi connectivity index (χ1v) is 6.56. The van der Waals surface area contributed by atoms with Crippen molar-refractivity contribution in [3.05, 3.63) is 54.1 Å². The predicted octanol–water partition coefficient (Wildman–Crippen LogP) is 2.27. The Bertz CT molecular complexity index is 459. The minimum atomic E-state index is 0.627. The smallest absolute Gasteiger partial charge is 0.138 e. The molecule has 0 amide bonds. The van der Waals surface area contributed by atoms with Crippen LogP contribution in [0.15, 0.2) is 47.5 Å². The molecule has 0 saturated carbocycles. The molecule has 1 aromatic heterocycles. The topological polar surface area (TPSA) is 51.8 Å². The van der Waals surface area contributed by atoms with Crippen LogP contribution >= 0.6 is 11.8 Å². The van der Waals surface area contributed by atoms with Gasteiger partial charge in [0.05, 0.1) is 5.75 Å². The second-order valence-corrected chi connectivity index (χ2v) is 4.65. The fourth-order valence-corrected chi connectivity index (χ4v) is 2.25. The molecule has 0 aliphatic rings. The Hall–Kier alpha value is -1.39. The lowest BCUT2D eigenvalue weighted by molar-refractivity contribution is 0.883. The summed E-state index contributed by atoms with van der Waals surface area (Å²) in [5, 5.41) is 0. The summed E-state index contributed by atoms with van der Waals surface area (Å²) in [7, 11) is 0. The van der Waals surface area contributed by atoms with Crippen molar-refractivity contribution in [2.24, 2.45) is 5.73 Å². The number of nitrogens with two attached hydrogens (primary N) is 1. The number of nitrogens with zero attached hydrogens (tertiary/aromatic N) is 2. The quantitative estimate of drug-likeness (QED) is 0.821. The highest BCUT2D eigenvalue weighted by molar-refractivity contribution is 7.98. The zero-order chi connectivity index (χ0) is 11.9. The van der Waals surface area contributed by atoms with Crippen LogP contribution in [0.5, 0.6) is 0 Å². The van der Waals surface area contributed by atoms with Crippen LogP contribution in [-0.2, 0) is 12.2 Å². The molecule has 0 fully saturated rings. The monoisotopic (exact) mass is 245 g/mol. The van der Waals surface area contributed by atoms with Crippen molar-refractivity contribution >= 4 is 11.8 Å². The van der Waals surface area contributed by atoms with Gasteiger partial charge in [-0.05, 0) is 24.7 Å². The van der Waals surface area contributed by atoms with Crippen LogP contribution in [0.4, 0.5) is 0 Å². The Morgan fingerprint density at radius 3 is 2.71 bits per heavy atom. The van der Waals surface area contributed by atoms with E-state index in [4.69, 9.17) is 5.73 Å². The molecule has 88 valence electrons. The van der Waals surface area contributed by atoms with Gasteiger partial charge in [0.1, 0.15) is 5.82 Å². The predicted molar refractivity (Wildman–Crippen MR) is 70.8 cm³/mol. The van der Waals surface area contributed by atoms with Gasteiger partial charge in [0.25, 0.3) is 0 Å². The summed E-state index contributed by atoms with van der Waals surface area (Å²) in [6.07, 6.45) is 2.62. The maximum atomic E-state index is 5.51. The highest BCUT2D eigenvalue weighted by Crippen LogP contribution is 2.20. The fraction of sp³-hybridized carbons (Fsp3) is 0.231. The molecule has 0 unspecified atom stereocenters. The van der Waals surface area contributed by atoms with Gasteiger partial charge in [-0.2, -0.15) is 0 Å². The average Bonchev–Trinajstić information content (AvgIpc) is 2.39. The summed E-state index contributed by atoms with van der Waals surface area (Å²) in [5.74, 6) is 1.66. The van der Waals surface area contributed by atoms with E-state index in [1.54, 1.807) is 18.0 Å². The Morgan fingerprint density at radius 1 is 1.12 bits per heavy atom. The number of thioether (sulfide) groups is 1. The lowest BCUT2D eigenvalue weighted by Crippen LogP contribution is -2.06. The van der Waals surface area contributed by atoms with Crippen LogP contribution in [0.1, 0.15) is 11.5 Å². The molecule has 0 spiro atoms. The van der Waals surface area contributed by atoms with Gasteiger partial charge in [-0.15, -0.1) is 11.8 Å². The highest BCUT2D eigenvalue weighted by atomic mass is 32.2. The Balaban J connectivity index is 1.97. The first-order valence-electron chi connectivity index (χ1n) is 5.57. The second-order valence-electron chi connectivity index (χ2n) is 3.60. The molecule has 0 aliphatic carbocycles. The van der Waals surface area contributed by atoms with Crippen LogP contribution < -0.4 is 5.73 Å². The van der Waals surface area contributed by atoms with Gasteiger partial charge in [0, 0.05) is 23.2 Å². The molecule has 2 N–H and O–H groups in total. The van der Waals surface area contributed by atoms with Crippen LogP contribution in [-0.4, -0.2) is 16.5 Å². The molecule has 17 heavy (non-hydrogen) atoms. The molecule has 1 aromatic carbocycles. The molecule has 4 heteroatoms. The fourth-order valence-electron chi connectivity index (χ4n) is 1.46. The maximum Gasteiger partial charge on any atom is 0.138 e. The average molecular weight is 245 g/mol. The molecule has 0 radical (unpaired) electrons. The minimum absolute atomic E-state index is 0.627. The van der Waals surface area contributed by atoms with Gasteiger partial charge in [0.2, 0.25) is 0 Å². The van der Waals surface area contributed by atoms with E-state index in [1.165, 1.54) is 4.90 Å². The van der Waals surface area contributed by atoms with E-state index in [0.29, 0.717) is 6.54 Å². The molecule has 3 nitrogen and oxygen atoms in total. The number of rotatable bonds is 5. The summed E-state index contributed by atoms with van der Waals surface area (Å²) in [6, 6.07) is 12.2. The van der Waals surface area contributed by atoms with Crippen LogP contribution in [0.3, 0.4) is 0 Å². The van der Waals surface area contributed by atoms with Crippen LogP contribution in [0.2, 0.25) is 0 Å². The molecule has 0 saturated heterocycles. The van der Waals surface area contributed by atoms with Crippen molar-refractivity contribution in [2.45, 2.75) is 17.1 Å². The first kappa shape index (κ1) is 12.1. The number of benzene rings is 1. The molecule has 0 aliphatic heterocycles. The van der Waals surface area contributed by atoms with Gasteiger partial charge < -0.3 is 5.73 Å². The Morgan fingerprint density at radius 2 is 1.94 bits per heavy atom. The zero-order valence-corrected chi connectivity index (χ0v) is 10.4. The van der Waals surface area contributed by atoms with E-state index in [2.05, 4.69) is 22.1 Å². The summed E-state index contributed by atoms with van der Waals surface area (Å²) in [5.41, 5.74) is 6.53. The van der Waals surface area contributed by atoms with E-state index in [-0.39, 0.29) is 0 Å². The third-order valence-electron chi connectivity index (χ3n) is 2.27. The normalized spacial score (nSPS) is 10.4. The lowest BCUT2D eigenvalue weighted by Gasteiger charge is -2.02. The van der Waals surface area contributed by atoms with Gasteiger partial charge >= 0.3 is 0 Å². The number of hydrogen-bond donors (Lipinski definition) is 1. The maximum absolute atomic E-state index is 5.51. The van der Waals surface area contributed by atoms with E-state index in [9.17, 15) is 0 Å². The molecule has 1 heterocycles. The number of aromatic nitrogens is 2. The third-order valence-corrected chi connectivity index (χ3v) is 3.28. The van der Waals surface area contributed by atoms with Crippen LogP contribution in [0, 0.1) is 0 Å². The van der Waals surface area contributed by atoms with Gasteiger partial charge in [-0.1, -0.05) is 18.2 Å². The van der Waals surface area contributed by atoms with Crippen LogP contribution in [0.25, 0.3) is 0 Å². The van der Waals surface area contributed by atoms with E-state index in [0.717, 1.165) is 23.7 Å². The SMILES string of the molecule is NCCc1ccnc(CSc2ccccc2)n1. The summed E-state index contributed by atoms with van der Waals surface area (Å²) in [4.78, 5) is 9.97. The standard InChI is InChI=1S/C13H15N3S/c14-8-6-11-7-9-15-13(16-11)10-17-12-4-2-1-3-5-12/h1-5,7,9H,6,8,10,14H2. The number of hydrogen-bond acceptors (Lipinski definition) is 4. The largest absolute Gasteiger partial charge is 0.330 e. The van der Waals surface area contributed by atoms with Crippen molar-refractivity contribution in [1.29, 1.82) is 0 Å². The van der Waals surface area contributed by atoms with Crippen molar-refractivity contribution in [3.8, 4) is 0 Å². The van der Waals surface area contributed by atoms with E-state index >= 15 is 0 Å². The molecule has 2 rings (SSSR count). The Kier molecular flexibility index (Phi) is 4.53. The van der Waals surface area contributed by atoms with Crippen molar-refractivity contribution in [2.75, 3.05) is 6.54 Å². The third kappa shape index (κ3) is 3.84. The van der Waals surface area contributed by atoms with E-state index < -0.39 is 0 Å². The van der Waals surface area contributed by atoms with Crippen molar-refractivity contribution < 1.29 is 0 Å². The van der Waals surface area contributed by atoms with E-state index in [1.807, 2.05) is 24.3 Å². The Labute approximate surface area is 105 Å². The molecular formula is C13H15N3S. The molecule has 2 aromatic rings. The highest BCUT2D eigenvalue weighted by Gasteiger charge is 2.00. The van der Waals surface area contributed by atoms with Crippen molar-refractivity contribution in [1.82, 2.24) is 9.97 Å². The lowest BCUT2D eigenvalue weighted by atomic mass is 10.3. The summed E-state index contributed by atoms with van der Waals surface area (Å²) in [6.45, 7) is 0.627. The summed E-state index contributed by atoms with van der Waals surface area (Å²) < 4.78 is 0. The van der Waals surface area contributed by atoms with Gasteiger partial charge in [0.15, 0.2) is 0 Å². The first-order chi connectivity index (χ1) is 8.38. The van der Waals surface area contributed by atoms with Gasteiger partial charge in [-0.3, -0.25) is 0 Å². The molecule has 0 atom stereocenters.